The second-order valence-corrected chi connectivity index (χ2v) is 5.11. The molecule has 0 aromatic carbocycles. The molecule has 0 saturated heterocycles. The topological polar surface area (TPSA) is 84.3 Å². The molecular formula is C12H17N5O2. The Bertz CT molecular complexity index is 628. The maximum absolute atomic E-state index is 11.4. The smallest absolute Gasteiger partial charge is 0.364 e. The number of ether oxygens (including phenoxy) is 1. The minimum atomic E-state index is -0.320. The molecule has 2 N–H and O–H groups in total. The van der Waals surface area contributed by atoms with E-state index in [2.05, 4.69) is 20.6 Å². The Morgan fingerprint density at radius 1 is 1.53 bits per heavy atom. The van der Waals surface area contributed by atoms with E-state index < -0.39 is 0 Å². The molecule has 7 heteroatoms. The summed E-state index contributed by atoms with van der Waals surface area (Å²) in [4.78, 5) is 11.4. The van der Waals surface area contributed by atoms with Crippen molar-refractivity contribution in [1.29, 1.82) is 0 Å². The van der Waals surface area contributed by atoms with Gasteiger partial charge in [-0.3, -0.25) is 0 Å². The number of methoxy groups -OCH3 is 1. The van der Waals surface area contributed by atoms with Crippen LogP contribution in [0.2, 0.25) is 0 Å². The second kappa shape index (κ2) is 4.65. The molecule has 0 radical (unpaired) electrons. The Kier molecular flexibility index (Phi) is 2.98. The highest BCUT2D eigenvalue weighted by molar-refractivity contribution is 5.43. The van der Waals surface area contributed by atoms with Gasteiger partial charge in [-0.2, -0.15) is 9.61 Å². The second-order valence-electron chi connectivity index (χ2n) is 5.11. The van der Waals surface area contributed by atoms with Crippen molar-refractivity contribution in [2.24, 2.45) is 5.41 Å². The molecule has 102 valence electrons. The van der Waals surface area contributed by atoms with E-state index in [1.165, 1.54) is 17.4 Å². The lowest BCUT2D eigenvalue weighted by Gasteiger charge is -2.15. The molecule has 0 unspecified atom stereocenters. The molecule has 0 aliphatic heterocycles. The normalized spacial score (nSPS) is 16.7. The van der Waals surface area contributed by atoms with Gasteiger partial charge < -0.3 is 10.1 Å². The van der Waals surface area contributed by atoms with E-state index >= 15 is 0 Å². The van der Waals surface area contributed by atoms with Crippen LogP contribution >= 0.6 is 0 Å². The van der Waals surface area contributed by atoms with Crippen LogP contribution in [0, 0.1) is 5.41 Å². The molecule has 7 nitrogen and oxygen atoms in total. The number of aromatic amines is 1. The van der Waals surface area contributed by atoms with Crippen LogP contribution in [0.25, 0.3) is 5.65 Å². The van der Waals surface area contributed by atoms with Crippen LogP contribution in [0.3, 0.4) is 0 Å². The molecule has 2 aromatic heterocycles. The Balaban J connectivity index is 1.68. The van der Waals surface area contributed by atoms with Gasteiger partial charge in [-0.15, -0.1) is 5.10 Å². The van der Waals surface area contributed by atoms with Crippen LogP contribution in [0.5, 0.6) is 0 Å². The van der Waals surface area contributed by atoms with Crippen molar-refractivity contribution in [3.8, 4) is 0 Å². The third kappa shape index (κ3) is 2.46. The summed E-state index contributed by atoms with van der Waals surface area (Å²) in [5, 5.41) is 13.7. The Morgan fingerprint density at radius 2 is 2.37 bits per heavy atom. The fourth-order valence-electron chi connectivity index (χ4n) is 2.19. The lowest BCUT2D eigenvalue weighted by molar-refractivity contribution is 0.175. The van der Waals surface area contributed by atoms with E-state index in [0.717, 1.165) is 19.6 Å². The maximum Gasteiger partial charge on any atom is 0.364 e. The lowest BCUT2D eigenvalue weighted by atomic mass is 10.0. The predicted octanol–water partition coefficient (Wildman–Crippen LogP) is 0.646. The average Bonchev–Trinajstić information content (AvgIpc) is 3.12. The summed E-state index contributed by atoms with van der Waals surface area (Å²) in [6.45, 7) is 1.65. The van der Waals surface area contributed by atoms with Gasteiger partial charge in [-0.25, -0.2) is 9.89 Å². The number of H-pyrrole nitrogens is 1. The first-order valence-corrected chi connectivity index (χ1v) is 6.40. The third-order valence-electron chi connectivity index (χ3n) is 3.71. The number of hydrogen-bond donors (Lipinski definition) is 2. The molecule has 1 aliphatic carbocycles. The highest BCUT2D eigenvalue weighted by Crippen LogP contribution is 2.48. The van der Waals surface area contributed by atoms with E-state index in [4.69, 9.17) is 4.74 Å². The first-order valence-electron chi connectivity index (χ1n) is 6.40. The van der Waals surface area contributed by atoms with Crippen LogP contribution in [0.1, 0.15) is 19.3 Å². The number of anilines is 1. The van der Waals surface area contributed by atoms with Crippen molar-refractivity contribution < 1.29 is 4.74 Å². The summed E-state index contributed by atoms with van der Waals surface area (Å²) in [5.41, 5.74) is 0.545. The summed E-state index contributed by atoms with van der Waals surface area (Å²) in [7, 11) is 1.73. The van der Waals surface area contributed by atoms with Crippen LogP contribution in [0.4, 0.5) is 5.82 Å². The van der Waals surface area contributed by atoms with E-state index in [1.54, 1.807) is 13.2 Å². The predicted molar refractivity (Wildman–Crippen MR) is 70.3 cm³/mol. The standard InChI is InChI=1S/C12H17N5O2/c1-19-7-6-12(4-5-12)8-13-9-2-3-10-14-15-11(18)17(10)16-9/h2-3H,4-8H2,1H3,(H,13,16)(H,15,18). The number of rotatable bonds is 6. The summed E-state index contributed by atoms with van der Waals surface area (Å²) < 4.78 is 6.39. The molecule has 2 heterocycles. The molecular weight excluding hydrogens is 246 g/mol. The van der Waals surface area contributed by atoms with E-state index in [-0.39, 0.29) is 5.69 Å². The molecule has 1 fully saturated rings. The van der Waals surface area contributed by atoms with Gasteiger partial charge >= 0.3 is 5.69 Å². The van der Waals surface area contributed by atoms with Gasteiger partial charge in [0.05, 0.1) is 0 Å². The van der Waals surface area contributed by atoms with Crippen molar-refractivity contribution in [3.05, 3.63) is 22.6 Å². The summed E-state index contributed by atoms with van der Waals surface area (Å²) >= 11 is 0. The van der Waals surface area contributed by atoms with E-state index in [1.807, 2.05) is 6.07 Å². The largest absolute Gasteiger partial charge is 0.385 e. The van der Waals surface area contributed by atoms with Gasteiger partial charge in [0.25, 0.3) is 0 Å². The number of nitrogens with one attached hydrogen (secondary N) is 2. The van der Waals surface area contributed by atoms with Gasteiger partial charge in [0.1, 0.15) is 5.82 Å². The van der Waals surface area contributed by atoms with E-state index in [9.17, 15) is 4.79 Å². The molecule has 2 aromatic rings. The van der Waals surface area contributed by atoms with Gasteiger partial charge in [-0.05, 0) is 36.8 Å². The van der Waals surface area contributed by atoms with Gasteiger partial charge in [0, 0.05) is 20.3 Å². The first-order chi connectivity index (χ1) is 9.22. The molecule has 0 amide bonds. The number of aromatic nitrogens is 4. The molecule has 19 heavy (non-hydrogen) atoms. The zero-order valence-electron chi connectivity index (χ0n) is 10.8. The number of hydrogen-bond acceptors (Lipinski definition) is 5. The molecule has 1 aliphatic rings. The summed E-state index contributed by atoms with van der Waals surface area (Å²) in [6.07, 6.45) is 3.50. The highest BCUT2D eigenvalue weighted by Gasteiger charge is 2.41. The summed E-state index contributed by atoms with van der Waals surface area (Å²) in [6, 6.07) is 3.60. The average molecular weight is 263 g/mol. The zero-order valence-corrected chi connectivity index (χ0v) is 10.8. The van der Waals surface area contributed by atoms with Crippen LogP contribution in [0.15, 0.2) is 16.9 Å². The highest BCUT2D eigenvalue weighted by atomic mass is 16.5. The first kappa shape index (κ1) is 12.2. The van der Waals surface area contributed by atoms with Crippen molar-refractivity contribution >= 4 is 11.5 Å². The maximum atomic E-state index is 11.4. The van der Waals surface area contributed by atoms with Gasteiger partial charge in [0.15, 0.2) is 5.65 Å². The van der Waals surface area contributed by atoms with Crippen molar-refractivity contribution in [2.45, 2.75) is 19.3 Å². The summed E-state index contributed by atoms with van der Waals surface area (Å²) in [5.74, 6) is 0.694. The molecule has 0 atom stereocenters. The lowest BCUT2D eigenvalue weighted by Crippen LogP contribution is -2.19. The molecule has 0 bridgehead atoms. The van der Waals surface area contributed by atoms with Gasteiger partial charge in [-0.1, -0.05) is 0 Å². The monoisotopic (exact) mass is 263 g/mol. The number of nitrogens with zero attached hydrogens (tertiary/aromatic N) is 3. The Labute approximate surface area is 110 Å². The zero-order chi connectivity index (χ0) is 13.3. The quantitative estimate of drug-likeness (QED) is 0.799. The Hall–Kier alpha value is -1.89. The SMILES string of the molecule is COCCC1(CNc2ccc3n[nH]c(=O)n3n2)CC1. The third-order valence-corrected chi connectivity index (χ3v) is 3.71. The number of fused-ring (bicyclic) bond motifs is 1. The van der Waals surface area contributed by atoms with Crippen molar-refractivity contribution in [1.82, 2.24) is 19.8 Å². The minimum Gasteiger partial charge on any atom is -0.385 e. The Morgan fingerprint density at radius 3 is 3.11 bits per heavy atom. The van der Waals surface area contributed by atoms with E-state index in [0.29, 0.717) is 16.9 Å². The molecule has 3 rings (SSSR count). The minimum absolute atomic E-state index is 0.320. The van der Waals surface area contributed by atoms with Crippen molar-refractivity contribution in [3.63, 3.8) is 0 Å². The van der Waals surface area contributed by atoms with Crippen LogP contribution in [-0.2, 0) is 4.74 Å². The fraction of sp³-hybridized carbons (Fsp3) is 0.583. The van der Waals surface area contributed by atoms with Gasteiger partial charge in [0.2, 0.25) is 0 Å². The van der Waals surface area contributed by atoms with Crippen LogP contribution in [-0.4, -0.2) is 40.1 Å². The molecule has 1 saturated carbocycles. The van der Waals surface area contributed by atoms with Crippen molar-refractivity contribution in [2.75, 3.05) is 25.6 Å². The fourth-order valence-corrected chi connectivity index (χ4v) is 2.19. The van der Waals surface area contributed by atoms with Crippen LogP contribution < -0.4 is 11.0 Å². The molecule has 0 spiro atoms.